The highest BCUT2D eigenvalue weighted by molar-refractivity contribution is 7.89. The van der Waals surface area contributed by atoms with E-state index in [1.807, 2.05) is 0 Å². The van der Waals surface area contributed by atoms with Gasteiger partial charge in [0.1, 0.15) is 5.82 Å². The summed E-state index contributed by atoms with van der Waals surface area (Å²) >= 11 is 5.91. The van der Waals surface area contributed by atoms with E-state index in [1.165, 1.54) is 6.26 Å². The van der Waals surface area contributed by atoms with Crippen LogP contribution in [0.5, 0.6) is 0 Å². The zero-order chi connectivity index (χ0) is 14.8. The summed E-state index contributed by atoms with van der Waals surface area (Å²) < 4.78 is 28.2. The average Bonchev–Trinajstić information content (AvgIpc) is 2.36. The molecule has 0 unspecified atom stereocenters. The van der Waals surface area contributed by atoms with Crippen LogP contribution in [0.15, 0.2) is 6.07 Å². The van der Waals surface area contributed by atoms with E-state index in [4.69, 9.17) is 16.3 Å². The molecule has 0 aromatic carbocycles. The molecular formula is C12H18ClN3O3S. The molecular weight excluding hydrogens is 302 g/mol. The molecule has 112 valence electrons. The number of anilines is 1. The molecule has 1 atom stereocenters. The molecule has 1 saturated heterocycles. The number of nitrogens with zero attached hydrogens (tertiary/aromatic N) is 3. The van der Waals surface area contributed by atoms with Crippen LogP contribution in [-0.2, 0) is 20.3 Å². The summed E-state index contributed by atoms with van der Waals surface area (Å²) in [4.78, 5) is 10.3. The van der Waals surface area contributed by atoms with E-state index < -0.39 is 9.84 Å². The summed E-state index contributed by atoms with van der Waals surface area (Å²) in [7, 11) is -3.15. The lowest BCUT2D eigenvalue weighted by Gasteiger charge is -2.36. The van der Waals surface area contributed by atoms with Crippen molar-refractivity contribution < 1.29 is 13.2 Å². The summed E-state index contributed by atoms with van der Waals surface area (Å²) in [5.41, 5.74) is 0.420. The van der Waals surface area contributed by atoms with Crippen LogP contribution < -0.4 is 4.90 Å². The third kappa shape index (κ3) is 4.04. The Bertz CT molecular complexity index is 579. The van der Waals surface area contributed by atoms with Gasteiger partial charge in [-0.1, -0.05) is 6.92 Å². The molecule has 0 aliphatic carbocycles. The maximum absolute atomic E-state index is 11.4. The first-order chi connectivity index (χ1) is 9.39. The Labute approximate surface area is 124 Å². The van der Waals surface area contributed by atoms with Gasteiger partial charge in [0.05, 0.1) is 30.7 Å². The van der Waals surface area contributed by atoms with Crippen LogP contribution in [0.3, 0.4) is 0 Å². The molecule has 1 aromatic rings. The Morgan fingerprint density at radius 2 is 2.25 bits per heavy atom. The topological polar surface area (TPSA) is 72.4 Å². The van der Waals surface area contributed by atoms with Crippen molar-refractivity contribution in [1.29, 1.82) is 0 Å². The van der Waals surface area contributed by atoms with Gasteiger partial charge in [-0.25, -0.2) is 18.4 Å². The van der Waals surface area contributed by atoms with E-state index in [2.05, 4.69) is 21.8 Å². The molecule has 8 heteroatoms. The predicted molar refractivity (Wildman–Crippen MR) is 77.8 cm³/mol. The van der Waals surface area contributed by atoms with Crippen molar-refractivity contribution in [3.8, 4) is 0 Å². The van der Waals surface area contributed by atoms with Crippen molar-refractivity contribution in [1.82, 2.24) is 9.97 Å². The third-order valence-electron chi connectivity index (χ3n) is 3.14. The van der Waals surface area contributed by atoms with Gasteiger partial charge in [0, 0.05) is 18.9 Å². The van der Waals surface area contributed by atoms with Gasteiger partial charge in [-0.05, 0) is 18.0 Å². The molecule has 0 amide bonds. The molecule has 0 N–H and O–H groups in total. The number of hydrogen-bond donors (Lipinski definition) is 0. The Morgan fingerprint density at radius 3 is 2.90 bits per heavy atom. The summed E-state index contributed by atoms with van der Waals surface area (Å²) in [6.07, 6.45) is 2.09. The summed E-state index contributed by atoms with van der Waals surface area (Å²) in [5.74, 6) is 0.530. The van der Waals surface area contributed by atoms with Crippen LogP contribution in [0.1, 0.15) is 19.0 Å². The molecule has 0 saturated carbocycles. The number of aromatic nitrogens is 2. The molecule has 20 heavy (non-hydrogen) atoms. The van der Waals surface area contributed by atoms with Gasteiger partial charge in [-0.15, -0.1) is 0 Å². The van der Waals surface area contributed by atoms with Crippen LogP contribution >= 0.6 is 11.6 Å². The third-order valence-corrected chi connectivity index (χ3v) is 4.13. The van der Waals surface area contributed by atoms with Crippen LogP contribution in [0.25, 0.3) is 0 Å². The normalized spacial score (nSPS) is 20.1. The van der Waals surface area contributed by atoms with E-state index in [0.29, 0.717) is 31.3 Å². The monoisotopic (exact) mass is 319 g/mol. The lowest BCUT2D eigenvalue weighted by atomic mass is 10.2. The highest BCUT2D eigenvalue weighted by atomic mass is 35.5. The second-order valence-corrected chi connectivity index (χ2v) is 7.37. The van der Waals surface area contributed by atoms with Crippen molar-refractivity contribution in [2.24, 2.45) is 0 Å². The van der Waals surface area contributed by atoms with E-state index in [0.717, 1.165) is 6.42 Å². The largest absolute Gasteiger partial charge is 0.377 e. The number of ether oxygens (including phenoxy) is 1. The zero-order valence-electron chi connectivity index (χ0n) is 11.5. The Kier molecular flexibility index (Phi) is 4.82. The Balaban J connectivity index is 2.31. The smallest absolute Gasteiger partial charge is 0.224 e. The van der Waals surface area contributed by atoms with Gasteiger partial charge in [0.25, 0.3) is 0 Å². The van der Waals surface area contributed by atoms with Gasteiger partial charge >= 0.3 is 0 Å². The fourth-order valence-corrected chi connectivity index (χ4v) is 3.12. The van der Waals surface area contributed by atoms with Crippen molar-refractivity contribution in [2.75, 3.05) is 30.9 Å². The van der Waals surface area contributed by atoms with E-state index in [1.54, 1.807) is 6.07 Å². The molecule has 1 aliphatic rings. The van der Waals surface area contributed by atoms with E-state index in [9.17, 15) is 8.42 Å². The molecule has 1 aromatic heterocycles. The molecule has 1 aliphatic heterocycles. The quantitative estimate of drug-likeness (QED) is 0.779. The maximum atomic E-state index is 11.4. The van der Waals surface area contributed by atoms with Crippen molar-refractivity contribution in [2.45, 2.75) is 25.1 Å². The fraction of sp³-hybridized carbons (Fsp3) is 0.667. The van der Waals surface area contributed by atoms with Crippen LogP contribution in [0.2, 0.25) is 5.28 Å². The SMILES string of the molecule is CC[C@H]1COCCN1c1cc(CS(C)(=O)=O)nc(Cl)n1. The lowest BCUT2D eigenvalue weighted by Crippen LogP contribution is -2.45. The van der Waals surface area contributed by atoms with Crippen molar-refractivity contribution in [3.63, 3.8) is 0 Å². The molecule has 2 rings (SSSR count). The highest BCUT2D eigenvalue weighted by Crippen LogP contribution is 2.22. The standard InChI is InChI=1S/C12H18ClN3O3S/c1-3-10-7-19-5-4-16(10)11-6-9(8-20(2,17)18)14-12(13)15-11/h6,10H,3-5,7-8H2,1-2H3/t10-/m0/s1. The molecule has 0 radical (unpaired) electrons. The second kappa shape index (κ2) is 6.24. The minimum Gasteiger partial charge on any atom is -0.377 e. The Morgan fingerprint density at radius 1 is 1.50 bits per heavy atom. The van der Waals surface area contributed by atoms with E-state index >= 15 is 0 Å². The number of halogens is 1. The first-order valence-corrected chi connectivity index (χ1v) is 8.88. The molecule has 0 spiro atoms. The second-order valence-electron chi connectivity index (χ2n) is 4.89. The minimum atomic E-state index is -3.15. The lowest BCUT2D eigenvalue weighted by molar-refractivity contribution is 0.0925. The van der Waals surface area contributed by atoms with Gasteiger partial charge < -0.3 is 9.64 Å². The summed E-state index contributed by atoms with van der Waals surface area (Å²) in [6.45, 7) is 4.05. The van der Waals surface area contributed by atoms with Crippen LogP contribution in [0, 0.1) is 0 Å². The highest BCUT2D eigenvalue weighted by Gasteiger charge is 2.24. The minimum absolute atomic E-state index is 0.0718. The first kappa shape index (κ1) is 15.5. The van der Waals surface area contributed by atoms with Gasteiger partial charge in [0.15, 0.2) is 9.84 Å². The zero-order valence-corrected chi connectivity index (χ0v) is 13.1. The molecule has 0 bridgehead atoms. The molecule has 1 fully saturated rings. The molecule has 6 nitrogen and oxygen atoms in total. The van der Waals surface area contributed by atoms with Crippen LogP contribution in [0.4, 0.5) is 5.82 Å². The fourth-order valence-electron chi connectivity index (χ4n) is 2.24. The predicted octanol–water partition coefficient (Wildman–Crippen LogP) is 1.29. The Hall–Kier alpha value is -0.920. The summed E-state index contributed by atoms with van der Waals surface area (Å²) in [6, 6.07) is 1.92. The van der Waals surface area contributed by atoms with Crippen molar-refractivity contribution in [3.05, 3.63) is 17.0 Å². The van der Waals surface area contributed by atoms with Gasteiger partial charge in [-0.3, -0.25) is 0 Å². The van der Waals surface area contributed by atoms with Gasteiger partial charge in [0.2, 0.25) is 5.28 Å². The van der Waals surface area contributed by atoms with Gasteiger partial charge in [-0.2, -0.15) is 0 Å². The number of rotatable bonds is 4. The van der Waals surface area contributed by atoms with E-state index in [-0.39, 0.29) is 17.1 Å². The molecule has 2 heterocycles. The van der Waals surface area contributed by atoms with Crippen molar-refractivity contribution >= 4 is 27.3 Å². The summed E-state index contributed by atoms with van der Waals surface area (Å²) in [5, 5.41) is 0.0718. The number of sulfone groups is 1. The maximum Gasteiger partial charge on any atom is 0.224 e. The number of morpholine rings is 1. The number of hydrogen-bond acceptors (Lipinski definition) is 6. The van der Waals surface area contributed by atoms with Crippen LogP contribution in [-0.4, -0.2) is 50.4 Å². The first-order valence-electron chi connectivity index (χ1n) is 6.44. The average molecular weight is 320 g/mol.